The van der Waals surface area contributed by atoms with Gasteiger partial charge in [-0.25, -0.2) is 4.68 Å². The third-order valence-electron chi connectivity index (χ3n) is 5.91. The van der Waals surface area contributed by atoms with Crippen LogP contribution in [0.15, 0.2) is 61.2 Å². The van der Waals surface area contributed by atoms with Crippen LogP contribution in [0.1, 0.15) is 58.5 Å². The van der Waals surface area contributed by atoms with Crippen LogP contribution in [0.2, 0.25) is 0 Å². The van der Waals surface area contributed by atoms with Gasteiger partial charge >= 0.3 is 0 Å². The lowest BCUT2D eigenvalue weighted by atomic mass is 10.0. The molecule has 190 valence electrons. The number of rotatable bonds is 7. The zero-order valence-electron chi connectivity index (χ0n) is 20.5. The molecular weight excluding hydrogens is 478 g/mol. The number of halogens is 1. The van der Waals surface area contributed by atoms with Gasteiger partial charge in [0.1, 0.15) is 22.8 Å². The first-order chi connectivity index (χ1) is 17.3. The monoisotopic (exact) mass is 509 g/mol. The fourth-order valence-corrected chi connectivity index (χ4v) is 4.52. The van der Waals surface area contributed by atoms with Crippen molar-refractivity contribution in [1.82, 2.24) is 15.1 Å². The van der Waals surface area contributed by atoms with Crippen molar-refractivity contribution in [3.05, 3.63) is 77.9 Å². The number of nitrogens with one attached hydrogen (secondary N) is 1. The van der Waals surface area contributed by atoms with Gasteiger partial charge in [-0.3, -0.25) is 9.59 Å². The van der Waals surface area contributed by atoms with Crippen LogP contribution in [0.25, 0.3) is 11.3 Å². The second kappa shape index (κ2) is 12.3. The number of nitrogen functional groups attached to an aromatic ring is 1. The van der Waals surface area contributed by atoms with Crippen LogP contribution < -0.4 is 21.5 Å². The second-order valence-electron chi connectivity index (χ2n) is 8.47. The van der Waals surface area contributed by atoms with Crippen LogP contribution in [0, 0.1) is 0 Å². The van der Waals surface area contributed by atoms with Gasteiger partial charge in [0.2, 0.25) is 0 Å². The first kappa shape index (κ1) is 26.8. The number of alkyl halides is 1. The van der Waals surface area contributed by atoms with Crippen LogP contribution >= 0.6 is 11.6 Å². The smallest absolute Gasteiger partial charge is 0.255 e. The second-order valence-corrected chi connectivity index (χ2v) is 9.09. The van der Waals surface area contributed by atoms with Crippen LogP contribution in [-0.4, -0.2) is 34.1 Å². The highest BCUT2D eigenvalue weighted by atomic mass is 35.5. The highest BCUT2D eigenvalue weighted by Crippen LogP contribution is 2.37. The molecule has 2 aromatic carbocycles. The number of ether oxygens (including phenoxy) is 1. The van der Waals surface area contributed by atoms with Crippen LogP contribution in [0.4, 0.5) is 5.82 Å². The number of hydrogen-bond donors (Lipinski definition) is 3. The van der Waals surface area contributed by atoms with E-state index >= 15 is 0 Å². The van der Waals surface area contributed by atoms with Gasteiger partial charge in [0.05, 0.1) is 18.7 Å². The van der Waals surface area contributed by atoms with Gasteiger partial charge in [-0.1, -0.05) is 42.5 Å². The molecule has 0 radical (unpaired) electrons. The van der Waals surface area contributed by atoms with E-state index in [1.165, 1.54) is 7.11 Å². The molecule has 8 nitrogen and oxygen atoms in total. The summed E-state index contributed by atoms with van der Waals surface area (Å²) in [7, 11) is 1.53. The van der Waals surface area contributed by atoms with E-state index in [1.54, 1.807) is 29.0 Å². The summed E-state index contributed by atoms with van der Waals surface area (Å²) < 4.78 is 6.92. The Morgan fingerprint density at radius 1 is 1.22 bits per heavy atom. The third kappa shape index (κ3) is 6.07. The summed E-state index contributed by atoms with van der Waals surface area (Å²) in [5, 5.41) is 7.59. The number of para-hydroxylation sites is 1. The molecular formula is C27H32ClN5O3. The summed E-state index contributed by atoms with van der Waals surface area (Å²) in [4.78, 5) is 24.7. The molecule has 2 unspecified atom stereocenters. The van der Waals surface area contributed by atoms with Crippen LogP contribution in [-0.2, 0) is 6.54 Å². The van der Waals surface area contributed by atoms with E-state index < -0.39 is 5.91 Å². The molecule has 0 aliphatic heterocycles. The summed E-state index contributed by atoms with van der Waals surface area (Å²) in [5.41, 5.74) is 14.6. The molecule has 1 saturated carbocycles. The zero-order chi connectivity index (χ0) is 26.2. The molecule has 2 amide bonds. The Balaban J connectivity index is 0.00000115. The van der Waals surface area contributed by atoms with Crippen molar-refractivity contribution in [1.29, 1.82) is 0 Å². The molecule has 3 aromatic rings. The van der Waals surface area contributed by atoms with Crippen LogP contribution in [0.5, 0.6) is 5.75 Å². The number of hydrogen-bond acceptors (Lipinski definition) is 5. The number of benzene rings is 2. The highest BCUT2D eigenvalue weighted by Gasteiger charge is 2.30. The van der Waals surface area contributed by atoms with Crippen LogP contribution in [0.3, 0.4) is 0 Å². The van der Waals surface area contributed by atoms with Crippen molar-refractivity contribution in [2.45, 2.75) is 44.1 Å². The molecule has 1 heterocycles. The van der Waals surface area contributed by atoms with E-state index in [1.807, 2.05) is 37.3 Å². The number of carbonyl (C=O) groups excluding carboxylic acids is 2. The van der Waals surface area contributed by atoms with Crippen molar-refractivity contribution >= 4 is 29.2 Å². The number of allylic oxidation sites excluding steroid dienone is 1. The Morgan fingerprint density at radius 2 is 1.89 bits per heavy atom. The zero-order valence-corrected chi connectivity index (χ0v) is 21.3. The van der Waals surface area contributed by atoms with Gasteiger partial charge < -0.3 is 21.5 Å². The first-order valence-electron chi connectivity index (χ1n) is 11.7. The number of nitrogens with zero attached hydrogens (tertiary/aromatic N) is 2. The summed E-state index contributed by atoms with van der Waals surface area (Å²) in [6.07, 6.45) is 4.22. The van der Waals surface area contributed by atoms with Gasteiger partial charge in [0.25, 0.3) is 11.8 Å². The van der Waals surface area contributed by atoms with Crippen molar-refractivity contribution in [3.8, 4) is 17.0 Å². The molecule has 0 saturated heterocycles. The number of aromatic nitrogens is 2. The number of anilines is 1. The summed E-state index contributed by atoms with van der Waals surface area (Å²) in [6, 6.07) is 14.5. The van der Waals surface area contributed by atoms with E-state index in [2.05, 4.69) is 17.0 Å². The predicted octanol–water partition coefficient (Wildman–Crippen LogP) is 4.69. The molecule has 5 N–H and O–H groups in total. The predicted molar refractivity (Wildman–Crippen MR) is 143 cm³/mol. The molecule has 1 aliphatic rings. The quantitative estimate of drug-likeness (QED) is 0.314. The molecule has 0 spiro atoms. The molecule has 0 bridgehead atoms. The standard InChI is InChI=1S/C24H26ClN5O3.C3H6/c1-33-19-5-3-2-4-18(19)24(32)28-13-14-6-8-15(9-7-14)21-20(23(27)31)22(26)30(29-21)17-11-10-16(25)12-17;1-3-2/h2-9,16-17H,10-13,26H2,1H3,(H2,27,31)(H,28,32);3H,1H2,2H3. The topological polar surface area (TPSA) is 125 Å². The molecule has 1 aliphatic carbocycles. The number of methoxy groups -OCH3 is 1. The maximum atomic E-state index is 12.5. The van der Waals surface area contributed by atoms with E-state index in [0.29, 0.717) is 23.6 Å². The fraction of sp³-hybridized carbons (Fsp3) is 0.296. The number of carbonyl (C=O) groups is 2. The molecule has 9 heteroatoms. The summed E-state index contributed by atoms with van der Waals surface area (Å²) in [6.45, 7) is 5.58. The van der Waals surface area contributed by atoms with Gasteiger partial charge in [-0.15, -0.1) is 18.2 Å². The fourth-order valence-electron chi connectivity index (χ4n) is 4.19. The van der Waals surface area contributed by atoms with Crippen molar-refractivity contribution < 1.29 is 14.3 Å². The largest absolute Gasteiger partial charge is 0.496 e. The minimum atomic E-state index is -0.623. The van der Waals surface area contributed by atoms with Gasteiger partial charge in [-0.2, -0.15) is 5.10 Å². The van der Waals surface area contributed by atoms with Crippen molar-refractivity contribution in [2.75, 3.05) is 12.8 Å². The maximum absolute atomic E-state index is 12.5. The van der Waals surface area contributed by atoms with Gasteiger partial charge in [-0.05, 0) is 43.9 Å². The molecule has 2 atom stereocenters. The SMILES string of the molecule is C=CC.COc1ccccc1C(=O)NCc1ccc(-c2nn(C3CCC(Cl)C3)c(N)c2C(N)=O)cc1. The lowest BCUT2D eigenvalue weighted by molar-refractivity contribution is 0.0946. The Labute approximate surface area is 216 Å². The van der Waals surface area contributed by atoms with Gasteiger partial charge in [0, 0.05) is 17.5 Å². The number of nitrogens with two attached hydrogens (primary N) is 2. The molecule has 1 fully saturated rings. The number of amides is 2. The minimum Gasteiger partial charge on any atom is -0.496 e. The van der Waals surface area contributed by atoms with Crippen molar-refractivity contribution in [2.24, 2.45) is 5.73 Å². The Morgan fingerprint density at radius 3 is 2.47 bits per heavy atom. The Hall–Kier alpha value is -3.78. The maximum Gasteiger partial charge on any atom is 0.255 e. The summed E-state index contributed by atoms with van der Waals surface area (Å²) >= 11 is 6.25. The third-order valence-corrected chi connectivity index (χ3v) is 6.31. The van der Waals surface area contributed by atoms with E-state index in [0.717, 1.165) is 30.4 Å². The van der Waals surface area contributed by atoms with Gasteiger partial charge in [0.15, 0.2) is 0 Å². The molecule has 1 aromatic heterocycles. The van der Waals surface area contributed by atoms with E-state index in [9.17, 15) is 9.59 Å². The lowest BCUT2D eigenvalue weighted by Gasteiger charge is -2.11. The Bertz CT molecular complexity index is 1220. The molecule has 4 rings (SSSR count). The van der Waals surface area contributed by atoms with E-state index in [4.69, 9.17) is 27.8 Å². The van der Waals surface area contributed by atoms with Crippen molar-refractivity contribution in [3.63, 3.8) is 0 Å². The average molecular weight is 510 g/mol. The average Bonchev–Trinajstić information content (AvgIpc) is 3.46. The number of primary amides is 1. The molecule has 36 heavy (non-hydrogen) atoms. The minimum absolute atomic E-state index is 0.0452. The first-order valence-corrected chi connectivity index (χ1v) is 12.1. The Kier molecular flexibility index (Phi) is 9.13. The highest BCUT2D eigenvalue weighted by molar-refractivity contribution is 6.20. The van der Waals surface area contributed by atoms with E-state index in [-0.39, 0.29) is 28.7 Å². The lowest BCUT2D eigenvalue weighted by Crippen LogP contribution is -2.23. The normalized spacial score (nSPS) is 16.5. The summed E-state index contributed by atoms with van der Waals surface area (Å²) in [5.74, 6) is -0.0720.